The van der Waals surface area contributed by atoms with Gasteiger partial charge in [-0.3, -0.25) is 4.79 Å². The lowest BCUT2D eigenvalue weighted by Crippen LogP contribution is -2.36. The molecule has 0 saturated heterocycles. The Balaban J connectivity index is 2.43. The summed E-state index contributed by atoms with van der Waals surface area (Å²) < 4.78 is 5.17. The Morgan fingerprint density at radius 2 is 1.42 bits per heavy atom. The monoisotopic (exact) mass is 429 g/mol. The molecule has 2 rings (SSSR count). The minimum Gasteiger partial charge on any atom is -0.465 e. The molecule has 0 aliphatic carbocycles. The molecule has 7 heteroatoms. The smallest absolute Gasteiger partial charge is 0.327 e. The lowest BCUT2D eigenvalue weighted by atomic mass is 9.77. The first-order valence-electron chi connectivity index (χ1n) is 7.77. The van der Waals surface area contributed by atoms with Crippen LogP contribution in [0.15, 0.2) is 36.4 Å². The highest BCUT2D eigenvalue weighted by Crippen LogP contribution is 2.33. The summed E-state index contributed by atoms with van der Waals surface area (Å²) >= 11 is 24.0. The van der Waals surface area contributed by atoms with Crippen LogP contribution in [0.1, 0.15) is 18.1 Å². The van der Waals surface area contributed by atoms with E-state index in [1.54, 1.807) is 43.3 Å². The molecule has 0 aliphatic rings. The predicted molar refractivity (Wildman–Crippen MR) is 105 cm³/mol. The second-order valence-corrected chi connectivity index (χ2v) is 7.39. The van der Waals surface area contributed by atoms with E-state index in [-0.39, 0.29) is 19.4 Å². The fourth-order valence-electron chi connectivity index (χ4n) is 2.60. The number of carbonyl (C=O) groups excluding carboxylic acids is 1. The number of halogens is 4. The van der Waals surface area contributed by atoms with E-state index >= 15 is 0 Å². The number of nitriles is 1. The second-order valence-electron chi connectivity index (χ2n) is 5.76. The summed E-state index contributed by atoms with van der Waals surface area (Å²) in [6.45, 7) is 1.86. The van der Waals surface area contributed by atoms with Gasteiger partial charge >= 0.3 is 5.97 Å². The molecule has 0 aromatic heterocycles. The molecule has 0 heterocycles. The van der Waals surface area contributed by atoms with Crippen LogP contribution in [0, 0.1) is 16.7 Å². The third-order valence-corrected chi connectivity index (χ3v) is 5.34. The van der Waals surface area contributed by atoms with Crippen LogP contribution >= 0.6 is 46.4 Å². The van der Waals surface area contributed by atoms with Crippen molar-refractivity contribution in [2.75, 3.05) is 6.61 Å². The van der Waals surface area contributed by atoms with Crippen LogP contribution < -0.4 is 0 Å². The van der Waals surface area contributed by atoms with E-state index in [9.17, 15) is 10.1 Å². The minimum atomic E-state index is -1.43. The van der Waals surface area contributed by atoms with Crippen molar-refractivity contribution in [2.45, 2.75) is 19.8 Å². The lowest BCUT2D eigenvalue weighted by molar-refractivity contribution is -0.152. The fraction of sp³-hybridized carbons (Fsp3) is 0.263. The largest absolute Gasteiger partial charge is 0.465 e. The van der Waals surface area contributed by atoms with Crippen LogP contribution in [0.4, 0.5) is 0 Å². The number of rotatable bonds is 6. The molecule has 2 aromatic carbocycles. The van der Waals surface area contributed by atoms with E-state index in [0.29, 0.717) is 31.2 Å². The maximum absolute atomic E-state index is 12.6. The van der Waals surface area contributed by atoms with Crippen molar-refractivity contribution in [3.63, 3.8) is 0 Å². The number of carbonyl (C=O) groups is 1. The molecule has 0 amide bonds. The molecule has 0 atom stereocenters. The first kappa shape index (κ1) is 20.9. The third kappa shape index (κ3) is 4.84. The van der Waals surface area contributed by atoms with E-state index in [1.165, 1.54) is 0 Å². The highest BCUT2D eigenvalue weighted by molar-refractivity contribution is 6.42. The highest BCUT2D eigenvalue weighted by Gasteiger charge is 2.41. The quantitative estimate of drug-likeness (QED) is 0.515. The molecule has 3 nitrogen and oxygen atoms in total. The zero-order chi connectivity index (χ0) is 19.3. The molecule has 0 N–H and O–H groups in total. The summed E-state index contributed by atoms with van der Waals surface area (Å²) in [4.78, 5) is 12.6. The van der Waals surface area contributed by atoms with Gasteiger partial charge in [0.05, 0.1) is 32.8 Å². The number of nitrogens with zero attached hydrogens (tertiary/aromatic N) is 1. The van der Waals surface area contributed by atoms with Crippen LogP contribution in [0.25, 0.3) is 0 Å². The van der Waals surface area contributed by atoms with Gasteiger partial charge in [-0.1, -0.05) is 58.5 Å². The first-order valence-corrected chi connectivity index (χ1v) is 9.29. The number of esters is 1. The summed E-state index contributed by atoms with van der Waals surface area (Å²) in [5.41, 5.74) is -0.0206. The number of ether oxygens (including phenoxy) is 1. The van der Waals surface area contributed by atoms with E-state index in [1.807, 2.05) is 0 Å². The van der Waals surface area contributed by atoms with Crippen LogP contribution in [0.2, 0.25) is 20.1 Å². The van der Waals surface area contributed by atoms with Crippen molar-refractivity contribution in [3.05, 3.63) is 67.6 Å². The molecule has 0 aliphatic heterocycles. The van der Waals surface area contributed by atoms with Crippen LogP contribution in [0.3, 0.4) is 0 Å². The Bertz CT molecular complexity index is 808. The van der Waals surface area contributed by atoms with Gasteiger partial charge in [0.1, 0.15) is 0 Å². The Kier molecular flexibility index (Phi) is 7.20. The summed E-state index contributed by atoms with van der Waals surface area (Å²) in [7, 11) is 0. The molecular formula is C19H15Cl4NO2. The fourth-order valence-corrected chi connectivity index (χ4v) is 3.24. The normalized spacial score (nSPS) is 11.1. The van der Waals surface area contributed by atoms with Gasteiger partial charge in [-0.2, -0.15) is 5.26 Å². The van der Waals surface area contributed by atoms with Crippen LogP contribution in [-0.2, 0) is 22.4 Å². The lowest BCUT2D eigenvalue weighted by Gasteiger charge is -2.25. The van der Waals surface area contributed by atoms with Crippen LogP contribution in [-0.4, -0.2) is 12.6 Å². The van der Waals surface area contributed by atoms with Crippen molar-refractivity contribution < 1.29 is 9.53 Å². The average Bonchev–Trinajstić information content (AvgIpc) is 2.61. The van der Waals surface area contributed by atoms with E-state index < -0.39 is 11.4 Å². The molecular weight excluding hydrogens is 416 g/mol. The van der Waals surface area contributed by atoms with Gasteiger partial charge < -0.3 is 4.74 Å². The molecule has 0 saturated carbocycles. The van der Waals surface area contributed by atoms with Crippen LogP contribution in [0.5, 0.6) is 0 Å². The zero-order valence-electron chi connectivity index (χ0n) is 13.9. The van der Waals surface area contributed by atoms with Crippen molar-refractivity contribution in [3.8, 4) is 6.07 Å². The summed E-state index contributed by atoms with van der Waals surface area (Å²) in [5.74, 6) is -0.598. The molecule has 0 fully saturated rings. The van der Waals surface area contributed by atoms with E-state index in [2.05, 4.69) is 6.07 Å². The zero-order valence-corrected chi connectivity index (χ0v) is 16.9. The van der Waals surface area contributed by atoms with Crippen molar-refractivity contribution in [1.82, 2.24) is 0 Å². The van der Waals surface area contributed by atoms with E-state index in [0.717, 1.165) is 0 Å². The maximum atomic E-state index is 12.6. The van der Waals surface area contributed by atoms with Crippen molar-refractivity contribution in [1.29, 1.82) is 5.26 Å². The maximum Gasteiger partial charge on any atom is 0.327 e. The van der Waals surface area contributed by atoms with Gasteiger partial charge in [0.15, 0.2) is 5.41 Å². The van der Waals surface area contributed by atoms with Gasteiger partial charge in [0, 0.05) is 12.8 Å². The number of hydrogen-bond donors (Lipinski definition) is 0. The topological polar surface area (TPSA) is 50.1 Å². The van der Waals surface area contributed by atoms with E-state index in [4.69, 9.17) is 51.1 Å². The van der Waals surface area contributed by atoms with Crippen molar-refractivity contribution >= 4 is 52.4 Å². The molecule has 0 radical (unpaired) electrons. The Hall–Kier alpha value is -1.44. The third-order valence-electron chi connectivity index (χ3n) is 3.86. The second kappa shape index (κ2) is 8.97. The number of benzene rings is 2. The van der Waals surface area contributed by atoms with Gasteiger partial charge in [0.2, 0.25) is 0 Å². The van der Waals surface area contributed by atoms with Gasteiger partial charge in [-0.05, 0) is 42.3 Å². The molecule has 0 unspecified atom stereocenters. The molecule has 26 heavy (non-hydrogen) atoms. The standard InChI is InChI=1S/C19H15Cl4NO2/c1-2-26-18(25)19(11-24,9-12-3-5-14(20)16(22)7-12)10-13-4-6-15(21)17(23)8-13/h3-8H,2,9-10H2,1H3. The average molecular weight is 431 g/mol. The first-order chi connectivity index (χ1) is 12.3. The summed E-state index contributed by atoms with van der Waals surface area (Å²) in [6.07, 6.45) is 0.249. The molecule has 2 aromatic rings. The van der Waals surface area contributed by atoms with Gasteiger partial charge in [-0.25, -0.2) is 0 Å². The molecule has 136 valence electrons. The Labute approximate surface area is 172 Å². The van der Waals surface area contributed by atoms with Crippen molar-refractivity contribution in [2.24, 2.45) is 5.41 Å². The van der Waals surface area contributed by atoms with Gasteiger partial charge in [0.25, 0.3) is 0 Å². The number of hydrogen-bond acceptors (Lipinski definition) is 3. The SMILES string of the molecule is CCOC(=O)C(C#N)(Cc1ccc(Cl)c(Cl)c1)Cc1ccc(Cl)c(Cl)c1. The molecule has 0 spiro atoms. The summed E-state index contributed by atoms with van der Waals surface area (Å²) in [6, 6.07) is 12.1. The highest BCUT2D eigenvalue weighted by atomic mass is 35.5. The Morgan fingerprint density at radius 3 is 1.77 bits per heavy atom. The molecule has 0 bridgehead atoms. The minimum absolute atomic E-state index is 0.124. The van der Waals surface area contributed by atoms with Gasteiger partial charge in [-0.15, -0.1) is 0 Å². The predicted octanol–water partition coefficient (Wildman–Crippen LogP) is 6.16. The Morgan fingerprint density at radius 1 is 0.962 bits per heavy atom. The summed E-state index contributed by atoms with van der Waals surface area (Å²) in [5, 5.41) is 11.4.